The zero-order valence-corrected chi connectivity index (χ0v) is 20.3. The third-order valence-electron chi connectivity index (χ3n) is 5.81. The molecule has 0 aliphatic carbocycles. The molecule has 0 spiro atoms. The van der Waals surface area contributed by atoms with E-state index in [1.807, 2.05) is 24.3 Å². The molecule has 0 radical (unpaired) electrons. The van der Waals surface area contributed by atoms with Crippen LogP contribution in [0.15, 0.2) is 36.4 Å². The largest absolute Gasteiger partial charge is 0.497 e. The van der Waals surface area contributed by atoms with Gasteiger partial charge in [0.15, 0.2) is 0 Å². The molecular weight excluding hydrogens is 468 g/mol. The average Bonchev–Trinajstić information content (AvgIpc) is 3.11. The molecule has 0 fully saturated rings. The maximum Gasteiger partial charge on any atom is 0.414 e. The monoisotopic (exact) mass is 500 g/mol. The molecule has 0 atom stereocenters. The number of carboxylic acid groups (broad SMARTS) is 2. The molecule has 0 aromatic heterocycles. The molecule has 36 heavy (non-hydrogen) atoms. The van der Waals surface area contributed by atoms with Crippen LogP contribution in [0.25, 0.3) is 0 Å². The lowest BCUT2D eigenvalue weighted by Crippen LogP contribution is -2.38. The first-order chi connectivity index (χ1) is 17.4. The van der Waals surface area contributed by atoms with E-state index in [1.54, 1.807) is 12.0 Å². The summed E-state index contributed by atoms with van der Waals surface area (Å²) < 4.78 is 16.6. The van der Waals surface area contributed by atoms with Crippen LogP contribution in [0.5, 0.6) is 11.5 Å². The second-order valence-corrected chi connectivity index (χ2v) is 8.34. The van der Waals surface area contributed by atoms with Crippen LogP contribution in [0.3, 0.4) is 0 Å². The number of nitrogens with one attached hydrogen (secondary N) is 1. The van der Waals surface area contributed by atoms with Crippen molar-refractivity contribution in [3.05, 3.63) is 53.1 Å². The fourth-order valence-corrected chi connectivity index (χ4v) is 3.95. The van der Waals surface area contributed by atoms with E-state index >= 15 is 0 Å². The number of methoxy groups -OCH3 is 1. The van der Waals surface area contributed by atoms with Crippen molar-refractivity contribution in [2.24, 2.45) is 0 Å². The first-order valence-electron chi connectivity index (χ1n) is 11.9. The van der Waals surface area contributed by atoms with E-state index in [0.717, 1.165) is 48.7 Å². The molecule has 10 nitrogen and oxygen atoms in total. The van der Waals surface area contributed by atoms with Crippen molar-refractivity contribution in [3.8, 4) is 11.5 Å². The predicted octanol–water partition coefficient (Wildman–Crippen LogP) is 2.90. The number of aliphatic carboxylic acids is 2. The summed E-state index contributed by atoms with van der Waals surface area (Å²) in [4.78, 5) is 33.7. The Morgan fingerprint density at radius 2 is 1.72 bits per heavy atom. The molecule has 2 aliphatic rings. The Kier molecular flexibility index (Phi) is 9.93. The van der Waals surface area contributed by atoms with Gasteiger partial charge in [0, 0.05) is 6.42 Å². The molecule has 2 aromatic carbocycles. The van der Waals surface area contributed by atoms with Crippen molar-refractivity contribution in [1.82, 2.24) is 5.32 Å². The lowest BCUT2D eigenvalue weighted by Gasteiger charge is -2.30. The minimum atomic E-state index is -1.08. The van der Waals surface area contributed by atoms with E-state index in [0.29, 0.717) is 26.2 Å². The number of hydrogen-bond donors (Lipinski definition) is 3. The van der Waals surface area contributed by atoms with Crippen molar-refractivity contribution in [2.75, 3.05) is 44.9 Å². The number of amides is 1. The number of carbonyl (C=O) groups is 3. The minimum absolute atomic E-state index is 0.296. The number of nitrogens with zero attached hydrogens (tertiary/aromatic N) is 1. The van der Waals surface area contributed by atoms with Gasteiger partial charge in [-0.25, -0.2) is 4.79 Å². The number of hydrogen-bond acceptors (Lipinski definition) is 7. The average molecular weight is 501 g/mol. The van der Waals surface area contributed by atoms with Gasteiger partial charge in [-0.3, -0.25) is 14.5 Å². The molecule has 0 unspecified atom stereocenters. The summed E-state index contributed by atoms with van der Waals surface area (Å²) in [6.07, 6.45) is 1.68. The first-order valence-corrected chi connectivity index (χ1v) is 11.9. The van der Waals surface area contributed by atoms with Gasteiger partial charge in [-0.1, -0.05) is 12.1 Å². The van der Waals surface area contributed by atoms with Gasteiger partial charge in [0.05, 0.1) is 38.8 Å². The Balaban J connectivity index is 0.000000392. The molecule has 3 N–H and O–H groups in total. The first kappa shape index (κ1) is 26.8. The Morgan fingerprint density at radius 1 is 1.03 bits per heavy atom. The number of ether oxygens (including phenoxy) is 3. The van der Waals surface area contributed by atoms with E-state index in [-0.39, 0.29) is 18.9 Å². The second-order valence-electron chi connectivity index (χ2n) is 8.34. The summed E-state index contributed by atoms with van der Waals surface area (Å²) >= 11 is 0. The Bertz CT molecular complexity index is 1060. The highest BCUT2D eigenvalue weighted by molar-refractivity contribution is 5.90. The summed E-state index contributed by atoms with van der Waals surface area (Å²) in [5.41, 5.74) is 4.48. The molecule has 2 heterocycles. The van der Waals surface area contributed by atoms with Crippen molar-refractivity contribution in [3.63, 3.8) is 0 Å². The van der Waals surface area contributed by atoms with Crippen LogP contribution < -0.4 is 19.7 Å². The van der Waals surface area contributed by atoms with Gasteiger partial charge in [-0.15, -0.1) is 0 Å². The van der Waals surface area contributed by atoms with Gasteiger partial charge in [0.2, 0.25) is 0 Å². The van der Waals surface area contributed by atoms with Gasteiger partial charge < -0.3 is 29.7 Å². The van der Waals surface area contributed by atoms with E-state index < -0.39 is 11.9 Å². The summed E-state index contributed by atoms with van der Waals surface area (Å²) in [5.74, 6) is -0.572. The number of fused-ring (bicyclic) bond motifs is 2. The topological polar surface area (TPSA) is 135 Å². The van der Waals surface area contributed by atoms with E-state index in [9.17, 15) is 14.4 Å². The van der Waals surface area contributed by atoms with Gasteiger partial charge in [-0.2, -0.15) is 0 Å². The molecule has 0 saturated heterocycles. The lowest BCUT2D eigenvalue weighted by atomic mass is 10.0. The molecule has 0 saturated carbocycles. The SMILES string of the molecule is COc1cccc(CCOC(=O)N2CCOc3cc4c(cc32)CCNCC4)c1.O=C(O)CCC(=O)O. The Hall–Kier alpha value is -3.79. The summed E-state index contributed by atoms with van der Waals surface area (Å²) in [7, 11) is 1.64. The van der Waals surface area contributed by atoms with Crippen LogP contribution in [0.1, 0.15) is 29.5 Å². The quantitative estimate of drug-likeness (QED) is 0.524. The van der Waals surface area contributed by atoms with Crippen LogP contribution in [0.2, 0.25) is 0 Å². The Morgan fingerprint density at radius 3 is 2.39 bits per heavy atom. The fourth-order valence-electron chi connectivity index (χ4n) is 3.95. The second kappa shape index (κ2) is 13.3. The van der Waals surface area contributed by atoms with Crippen LogP contribution in [0.4, 0.5) is 10.5 Å². The smallest absolute Gasteiger partial charge is 0.414 e. The molecule has 2 aliphatic heterocycles. The molecule has 10 heteroatoms. The highest BCUT2D eigenvalue weighted by Crippen LogP contribution is 2.35. The highest BCUT2D eigenvalue weighted by atomic mass is 16.6. The van der Waals surface area contributed by atoms with Crippen molar-refractivity contribution < 1.29 is 38.8 Å². The van der Waals surface area contributed by atoms with Gasteiger partial charge in [0.1, 0.15) is 18.1 Å². The molecule has 2 aromatic rings. The number of carboxylic acids is 2. The number of rotatable bonds is 7. The lowest BCUT2D eigenvalue weighted by molar-refractivity contribution is -0.143. The molecule has 194 valence electrons. The number of benzene rings is 2. The number of carbonyl (C=O) groups excluding carboxylic acids is 1. The van der Waals surface area contributed by atoms with Crippen molar-refractivity contribution in [1.29, 1.82) is 0 Å². The van der Waals surface area contributed by atoms with Crippen molar-refractivity contribution >= 4 is 23.7 Å². The van der Waals surface area contributed by atoms with Crippen LogP contribution in [0, 0.1) is 0 Å². The molecular formula is C26H32N2O8. The third kappa shape index (κ3) is 7.88. The number of anilines is 1. The highest BCUT2D eigenvalue weighted by Gasteiger charge is 2.26. The Labute approximate surface area is 209 Å². The zero-order chi connectivity index (χ0) is 25.9. The van der Waals surface area contributed by atoms with E-state index in [2.05, 4.69) is 17.4 Å². The summed E-state index contributed by atoms with van der Waals surface area (Å²) in [5, 5.41) is 19.2. The zero-order valence-electron chi connectivity index (χ0n) is 20.3. The van der Waals surface area contributed by atoms with Crippen LogP contribution in [-0.4, -0.2) is 68.2 Å². The minimum Gasteiger partial charge on any atom is -0.497 e. The maximum atomic E-state index is 12.7. The maximum absolute atomic E-state index is 12.7. The molecule has 0 bridgehead atoms. The van der Waals surface area contributed by atoms with E-state index in [4.69, 9.17) is 24.4 Å². The standard InChI is InChI=1S/C22H26N2O4.C4H6O4/c1-26-19-4-2-3-16(13-19)7-11-28-22(25)24-10-12-27-21-15-18-6-9-23-8-5-17(18)14-20(21)24;5-3(6)1-2-4(7)8/h2-4,13-15,23H,5-12H2,1H3;1-2H2,(H,5,6)(H,7,8). The molecule has 1 amide bonds. The molecule has 4 rings (SSSR count). The van der Waals surface area contributed by atoms with Crippen molar-refractivity contribution in [2.45, 2.75) is 32.1 Å². The van der Waals surface area contributed by atoms with Gasteiger partial charge in [0.25, 0.3) is 0 Å². The van der Waals surface area contributed by atoms with Crippen LogP contribution in [-0.2, 0) is 33.6 Å². The van der Waals surface area contributed by atoms with E-state index in [1.165, 1.54) is 11.1 Å². The van der Waals surface area contributed by atoms with Gasteiger partial charge in [-0.05, 0) is 66.9 Å². The summed E-state index contributed by atoms with van der Waals surface area (Å²) in [6, 6.07) is 12.0. The van der Waals surface area contributed by atoms with Gasteiger partial charge >= 0.3 is 18.0 Å². The summed E-state index contributed by atoms with van der Waals surface area (Å²) in [6.45, 7) is 3.24. The normalized spacial score (nSPS) is 14.1. The predicted molar refractivity (Wildman–Crippen MR) is 132 cm³/mol. The third-order valence-corrected chi connectivity index (χ3v) is 5.81. The fraction of sp³-hybridized carbons (Fsp3) is 0.423. The van der Waals surface area contributed by atoms with Crippen LogP contribution >= 0.6 is 0 Å².